The molecule has 1 spiro atoms. The molecule has 2 aromatic heterocycles. The van der Waals surface area contributed by atoms with Crippen molar-refractivity contribution in [3.05, 3.63) is 54.2 Å². The van der Waals surface area contributed by atoms with Crippen molar-refractivity contribution in [2.24, 2.45) is 5.41 Å². The van der Waals surface area contributed by atoms with E-state index in [1.54, 1.807) is 6.26 Å². The molecule has 26 heavy (non-hydrogen) atoms. The minimum Gasteiger partial charge on any atom is -0.472 e. The SMILES string of the molecule is COCC1CC2(CCN(Cc3ccoc3)CC2)CN1Cc1cccnc1. The summed E-state index contributed by atoms with van der Waals surface area (Å²) in [6.07, 6.45) is 11.3. The Labute approximate surface area is 156 Å². The molecule has 0 saturated carbocycles. The summed E-state index contributed by atoms with van der Waals surface area (Å²) in [7, 11) is 1.82. The van der Waals surface area contributed by atoms with Gasteiger partial charge in [-0.25, -0.2) is 0 Å². The topological polar surface area (TPSA) is 41.7 Å². The Hall–Kier alpha value is -1.69. The Morgan fingerprint density at radius 2 is 2.12 bits per heavy atom. The first-order chi connectivity index (χ1) is 12.8. The van der Waals surface area contributed by atoms with Gasteiger partial charge in [-0.1, -0.05) is 6.07 Å². The van der Waals surface area contributed by atoms with Gasteiger partial charge in [-0.15, -0.1) is 0 Å². The lowest BCUT2D eigenvalue weighted by Crippen LogP contribution is -2.41. The van der Waals surface area contributed by atoms with Crippen LogP contribution < -0.4 is 0 Å². The summed E-state index contributed by atoms with van der Waals surface area (Å²) in [6.45, 7) is 6.32. The first-order valence-corrected chi connectivity index (χ1v) is 9.62. The van der Waals surface area contributed by atoms with Gasteiger partial charge in [0, 0.05) is 50.7 Å². The van der Waals surface area contributed by atoms with Crippen LogP contribution in [0, 0.1) is 5.41 Å². The molecular weight excluding hydrogens is 326 g/mol. The highest BCUT2D eigenvalue weighted by molar-refractivity contribution is 5.11. The molecule has 0 aromatic carbocycles. The molecule has 0 aliphatic carbocycles. The highest BCUT2D eigenvalue weighted by Gasteiger charge is 2.45. The number of nitrogens with zero attached hydrogens (tertiary/aromatic N) is 3. The molecule has 1 atom stereocenters. The molecule has 2 saturated heterocycles. The summed E-state index contributed by atoms with van der Waals surface area (Å²) >= 11 is 0. The maximum Gasteiger partial charge on any atom is 0.0947 e. The van der Waals surface area contributed by atoms with Crippen LogP contribution >= 0.6 is 0 Å². The highest BCUT2D eigenvalue weighted by Crippen LogP contribution is 2.44. The van der Waals surface area contributed by atoms with Crippen LogP contribution in [0.2, 0.25) is 0 Å². The Morgan fingerprint density at radius 3 is 2.81 bits per heavy atom. The number of hydrogen-bond donors (Lipinski definition) is 0. The van der Waals surface area contributed by atoms with Gasteiger partial charge in [0.2, 0.25) is 0 Å². The molecule has 140 valence electrons. The Bertz CT molecular complexity index is 666. The number of piperidine rings is 1. The Morgan fingerprint density at radius 1 is 1.23 bits per heavy atom. The average Bonchev–Trinajstić information content (AvgIpc) is 3.27. The normalized spacial score (nSPS) is 23.7. The first kappa shape index (κ1) is 17.7. The third kappa shape index (κ3) is 4.00. The summed E-state index contributed by atoms with van der Waals surface area (Å²) in [5, 5.41) is 0. The van der Waals surface area contributed by atoms with Crippen molar-refractivity contribution in [3.63, 3.8) is 0 Å². The van der Waals surface area contributed by atoms with Crippen molar-refractivity contribution in [1.82, 2.24) is 14.8 Å². The fourth-order valence-corrected chi connectivity index (χ4v) is 4.71. The first-order valence-electron chi connectivity index (χ1n) is 9.62. The molecule has 0 radical (unpaired) electrons. The van der Waals surface area contributed by atoms with Gasteiger partial charge >= 0.3 is 0 Å². The third-order valence-electron chi connectivity index (χ3n) is 6.09. The van der Waals surface area contributed by atoms with Crippen LogP contribution in [0.3, 0.4) is 0 Å². The fourth-order valence-electron chi connectivity index (χ4n) is 4.71. The van der Waals surface area contributed by atoms with E-state index in [1.807, 2.05) is 31.8 Å². The van der Waals surface area contributed by atoms with E-state index < -0.39 is 0 Å². The summed E-state index contributed by atoms with van der Waals surface area (Å²) in [4.78, 5) is 9.45. The van der Waals surface area contributed by atoms with Gasteiger partial charge < -0.3 is 9.15 Å². The summed E-state index contributed by atoms with van der Waals surface area (Å²) < 4.78 is 10.7. The molecule has 0 bridgehead atoms. The van der Waals surface area contributed by atoms with Crippen LogP contribution in [0.15, 0.2) is 47.5 Å². The van der Waals surface area contributed by atoms with Crippen molar-refractivity contribution < 1.29 is 9.15 Å². The molecule has 4 heterocycles. The molecule has 1 unspecified atom stereocenters. The summed E-state index contributed by atoms with van der Waals surface area (Å²) in [5.74, 6) is 0. The quantitative estimate of drug-likeness (QED) is 0.796. The van der Waals surface area contributed by atoms with Crippen LogP contribution in [0.1, 0.15) is 30.4 Å². The van der Waals surface area contributed by atoms with E-state index in [4.69, 9.17) is 9.15 Å². The van der Waals surface area contributed by atoms with Gasteiger partial charge in [0.25, 0.3) is 0 Å². The van der Waals surface area contributed by atoms with Crippen LogP contribution in [-0.4, -0.2) is 54.2 Å². The lowest BCUT2D eigenvalue weighted by molar-refractivity contribution is 0.101. The number of hydrogen-bond acceptors (Lipinski definition) is 5. The largest absolute Gasteiger partial charge is 0.472 e. The zero-order valence-electron chi connectivity index (χ0n) is 15.6. The third-order valence-corrected chi connectivity index (χ3v) is 6.09. The predicted molar refractivity (Wildman–Crippen MR) is 101 cm³/mol. The molecule has 4 rings (SSSR count). The van der Waals surface area contributed by atoms with Gasteiger partial charge in [0.15, 0.2) is 0 Å². The molecule has 2 fully saturated rings. The van der Waals surface area contributed by atoms with Gasteiger partial charge in [-0.3, -0.25) is 14.8 Å². The molecule has 2 aromatic rings. The van der Waals surface area contributed by atoms with Crippen LogP contribution in [0.25, 0.3) is 0 Å². The number of furan rings is 1. The highest BCUT2D eigenvalue weighted by atomic mass is 16.5. The fraction of sp³-hybridized carbons (Fsp3) is 0.571. The van der Waals surface area contributed by atoms with Crippen molar-refractivity contribution in [2.45, 2.75) is 38.4 Å². The Balaban J connectivity index is 1.38. The van der Waals surface area contributed by atoms with E-state index in [9.17, 15) is 0 Å². The van der Waals surface area contributed by atoms with E-state index in [0.29, 0.717) is 11.5 Å². The van der Waals surface area contributed by atoms with Crippen molar-refractivity contribution in [1.29, 1.82) is 0 Å². The van der Waals surface area contributed by atoms with E-state index >= 15 is 0 Å². The summed E-state index contributed by atoms with van der Waals surface area (Å²) in [5.41, 5.74) is 3.02. The second-order valence-electron chi connectivity index (χ2n) is 7.99. The predicted octanol–water partition coefficient (Wildman–Crippen LogP) is 3.18. The number of likely N-dealkylation sites (tertiary alicyclic amines) is 2. The number of methoxy groups -OCH3 is 1. The van der Waals surface area contributed by atoms with Gasteiger partial charge in [-0.2, -0.15) is 0 Å². The Kier molecular flexibility index (Phi) is 5.38. The lowest BCUT2D eigenvalue weighted by Gasteiger charge is -2.39. The van der Waals surface area contributed by atoms with E-state index in [2.05, 4.69) is 26.9 Å². The molecule has 0 amide bonds. The van der Waals surface area contributed by atoms with Crippen molar-refractivity contribution >= 4 is 0 Å². The van der Waals surface area contributed by atoms with E-state index in [-0.39, 0.29) is 0 Å². The molecule has 5 nitrogen and oxygen atoms in total. The monoisotopic (exact) mass is 355 g/mol. The molecule has 5 heteroatoms. The second-order valence-corrected chi connectivity index (χ2v) is 7.99. The van der Waals surface area contributed by atoms with E-state index in [0.717, 1.165) is 19.7 Å². The van der Waals surface area contributed by atoms with Crippen molar-refractivity contribution in [2.75, 3.05) is 33.4 Å². The molecular formula is C21H29N3O2. The zero-order valence-corrected chi connectivity index (χ0v) is 15.6. The maximum atomic E-state index is 5.54. The molecule has 2 aliphatic rings. The average molecular weight is 355 g/mol. The van der Waals surface area contributed by atoms with Crippen molar-refractivity contribution in [3.8, 4) is 0 Å². The van der Waals surface area contributed by atoms with Crippen LogP contribution in [-0.2, 0) is 17.8 Å². The van der Waals surface area contributed by atoms with Gasteiger partial charge in [0.1, 0.15) is 0 Å². The minimum atomic E-state index is 0.443. The second kappa shape index (κ2) is 7.91. The van der Waals surface area contributed by atoms with Crippen LogP contribution in [0.4, 0.5) is 0 Å². The number of pyridine rings is 1. The molecule has 2 aliphatic heterocycles. The minimum absolute atomic E-state index is 0.443. The smallest absolute Gasteiger partial charge is 0.0947 e. The van der Waals surface area contributed by atoms with E-state index in [1.165, 1.54) is 50.0 Å². The number of aromatic nitrogens is 1. The van der Waals surface area contributed by atoms with Gasteiger partial charge in [0.05, 0.1) is 19.1 Å². The van der Waals surface area contributed by atoms with Gasteiger partial charge in [-0.05, 0) is 55.5 Å². The maximum absolute atomic E-state index is 5.54. The number of rotatable bonds is 6. The number of ether oxygens (including phenoxy) is 1. The van der Waals surface area contributed by atoms with Crippen LogP contribution in [0.5, 0.6) is 0 Å². The lowest BCUT2D eigenvalue weighted by atomic mass is 9.76. The summed E-state index contributed by atoms with van der Waals surface area (Å²) in [6, 6.07) is 6.79. The zero-order chi connectivity index (χ0) is 17.8. The molecule has 0 N–H and O–H groups in total. The standard InChI is InChI=1S/C21H29N3O2/c1-25-16-20-11-21(17-24(20)14-18-3-2-7-22-12-18)5-8-23(9-6-21)13-19-4-10-26-15-19/h2-4,7,10,12,15,20H,5-6,8-9,11,13-14,16-17H2,1H3.